The maximum atomic E-state index is 11.9. The van der Waals surface area contributed by atoms with Gasteiger partial charge >= 0.3 is 5.97 Å². The standard InChI is InChI=1S/C17H17Cl2NO2.ClH/c1-20(12-13-5-3-2-4-6-13)9-10-22-17(21)15-8-7-14(18)11-16(15)19;/h2-8,11H,9-10,12H2,1H3;1H. The first kappa shape index (κ1) is 19.8. The molecule has 3 nitrogen and oxygen atoms in total. The predicted molar refractivity (Wildman–Crippen MR) is 96.8 cm³/mol. The Bertz CT molecular complexity index is 635. The van der Waals surface area contributed by atoms with Crippen LogP contribution in [0.4, 0.5) is 0 Å². The van der Waals surface area contributed by atoms with E-state index in [1.165, 1.54) is 11.6 Å². The molecule has 2 aromatic carbocycles. The van der Waals surface area contributed by atoms with Crippen LogP contribution in [0.25, 0.3) is 0 Å². The molecule has 0 heterocycles. The molecule has 6 heteroatoms. The van der Waals surface area contributed by atoms with Crippen LogP contribution in [0.1, 0.15) is 15.9 Å². The summed E-state index contributed by atoms with van der Waals surface area (Å²) >= 11 is 11.8. The topological polar surface area (TPSA) is 29.5 Å². The van der Waals surface area contributed by atoms with E-state index < -0.39 is 5.97 Å². The third-order valence-electron chi connectivity index (χ3n) is 3.15. The number of hydrogen-bond donors (Lipinski definition) is 0. The van der Waals surface area contributed by atoms with Crippen LogP contribution < -0.4 is 0 Å². The molecule has 0 radical (unpaired) electrons. The van der Waals surface area contributed by atoms with Crippen molar-refractivity contribution in [2.75, 3.05) is 20.2 Å². The smallest absolute Gasteiger partial charge is 0.339 e. The van der Waals surface area contributed by atoms with Crippen LogP contribution in [0.3, 0.4) is 0 Å². The number of carbonyl (C=O) groups excluding carboxylic acids is 1. The number of carbonyl (C=O) groups is 1. The first-order valence-corrected chi connectivity index (χ1v) is 7.66. The third kappa shape index (κ3) is 6.40. The van der Waals surface area contributed by atoms with Gasteiger partial charge in [0.15, 0.2) is 0 Å². The normalized spacial score (nSPS) is 10.3. The number of likely N-dealkylation sites (N-methyl/N-ethyl adjacent to an activating group) is 1. The molecule has 2 aromatic rings. The van der Waals surface area contributed by atoms with E-state index in [4.69, 9.17) is 27.9 Å². The van der Waals surface area contributed by atoms with Gasteiger partial charge in [-0.3, -0.25) is 4.90 Å². The van der Waals surface area contributed by atoms with Crippen molar-refractivity contribution in [1.29, 1.82) is 0 Å². The van der Waals surface area contributed by atoms with Crippen LogP contribution >= 0.6 is 35.6 Å². The summed E-state index contributed by atoms with van der Waals surface area (Å²) in [5.41, 5.74) is 1.55. The third-order valence-corrected chi connectivity index (χ3v) is 3.70. The van der Waals surface area contributed by atoms with Crippen molar-refractivity contribution in [3.8, 4) is 0 Å². The van der Waals surface area contributed by atoms with Crippen molar-refractivity contribution in [3.05, 3.63) is 69.7 Å². The van der Waals surface area contributed by atoms with Crippen LogP contribution in [0.15, 0.2) is 48.5 Å². The zero-order valence-corrected chi connectivity index (χ0v) is 15.0. The Morgan fingerprint density at radius 1 is 1.13 bits per heavy atom. The van der Waals surface area contributed by atoms with Gasteiger partial charge in [-0.25, -0.2) is 4.79 Å². The summed E-state index contributed by atoms with van der Waals surface area (Å²) in [6.45, 7) is 1.76. The molecule has 0 aliphatic heterocycles. The molecule has 0 saturated heterocycles. The number of hydrogen-bond acceptors (Lipinski definition) is 3. The Labute approximate surface area is 152 Å². The SMILES string of the molecule is CN(CCOC(=O)c1ccc(Cl)cc1Cl)Cc1ccccc1.Cl. The lowest BCUT2D eigenvalue weighted by atomic mass is 10.2. The van der Waals surface area contributed by atoms with Crippen molar-refractivity contribution in [2.45, 2.75) is 6.54 Å². The fourth-order valence-corrected chi connectivity index (χ4v) is 2.49. The zero-order valence-electron chi connectivity index (χ0n) is 12.7. The highest BCUT2D eigenvalue weighted by molar-refractivity contribution is 6.36. The lowest BCUT2D eigenvalue weighted by Gasteiger charge is -2.16. The average Bonchev–Trinajstić information content (AvgIpc) is 2.48. The van der Waals surface area contributed by atoms with Gasteiger partial charge in [-0.05, 0) is 30.8 Å². The summed E-state index contributed by atoms with van der Waals surface area (Å²) in [6, 6.07) is 14.8. The van der Waals surface area contributed by atoms with Gasteiger partial charge in [0.05, 0.1) is 10.6 Å². The van der Waals surface area contributed by atoms with E-state index >= 15 is 0 Å². The quantitative estimate of drug-likeness (QED) is 0.686. The number of halogens is 3. The molecule has 0 aliphatic carbocycles. The fraction of sp³-hybridized carbons (Fsp3) is 0.235. The predicted octanol–water partition coefficient (Wildman–Crippen LogP) is 4.70. The molecule has 0 bridgehead atoms. The molecule has 124 valence electrons. The Morgan fingerprint density at radius 2 is 1.83 bits per heavy atom. The molecule has 0 aliphatic rings. The minimum Gasteiger partial charge on any atom is -0.461 e. The second-order valence-electron chi connectivity index (χ2n) is 4.98. The molecule has 0 amide bonds. The minimum absolute atomic E-state index is 0. The summed E-state index contributed by atoms with van der Waals surface area (Å²) in [5.74, 6) is -0.435. The maximum absolute atomic E-state index is 11.9. The summed E-state index contributed by atoms with van der Waals surface area (Å²) in [6.07, 6.45) is 0. The van der Waals surface area contributed by atoms with E-state index in [-0.39, 0.29) is 12.4 Å². The van der Waals surface area contributed by atoms with Gasteiger partial charge in [-0.1, -0.05) is 53.5 Å². The van der Waals surface area contributed by atoms with Crippen LogP contribution in [0.2, 0.25) is 10.0 Å². The molecule has 23 heavy (non-hydrogen) atoms. The Morgan fingerprint density at radius 3 is 2.48 bits per heavy atom. The molecular formula is C17H18Cl3NO2. The first-order chi connectivity index (χ1) is 10.6. The number of ether oxygens (including phenoxy) is 1. The van der Waals surface area contributed by atoms with Crippen LogP contribution in [0, 0.1) is 0 Å². The van der Waals surface area contributed by atoms with Gasteiger partial charge in [-0.15, -0.1) is 12.4 Å². The highest BCUT2D eigenvalue weighted by Gasteiger charge is 2.12. The van der Waals surface area contributed by atoms with E-state index in [0.717, 1.165) is 6.54 Å². The number of nitrogens with zero attached hydrogens (tertiary/aromatic N) is 1. The molecule has 2 rings (SSSR count). The molecule has 0 saturated carbocycles. The van der Waals surface area contributed by atoms with Crippen LogP contribution in [-0.4, -0.2) is 31.1 Å². The van der Waals surface area contributed by atoms with Crippen molar-refractivity contribution in [1.82, 2.24) is 4.90 Å². The van der Waals surface area contributed by atoms with E-state index in [0.29, 0.717) is 28.8 Å². The second-order valence-corrected chi connectivity index (χ2v) is 5.83. The Kier molecular flexibility index (Phi) is 8.42. The van der Waals surface area contributed by atoms with Crippen molar-refractivity contribution in [2.24, 2.45) is 0 Å². The van der Waals surface area contributed by atoms with Gasteiger partial charge < -0.3 is 4.74 Å². The lowest BCUT2D eigenvalue weighted by Crippen LogP contribution is -2.24. The maximum Gasteiger partial charge on any atom is 0.339 e. The van der Waals surface area contributed by atoms with E-state index in [1.54, 1.807) is 12.1 Å². The molecule has 0 fully saturated rings. The monoisotopic (exact) mass is 373 g/mol. The minimum atomic E-state index is -0.435. The molecule has 0 atom stereocenters. The van der Waals surface area contributed by atoms with Gasteiger partial charge in [0.25, 0.3) is 0 Å². The highest BCUT2D eigenvalue weighted by Crippen LogP contribution is 2.21. The van der Waals surface area contributed by atoms with Gasteiger partial charge in [-0.2, -0.15) is 0 Å². The number of esters is 1. The molecule has 0 aromatic heterocycles. The number of rotatable bonds is 6. The Hall–Kier alpha value is -1.26. The summed E-state index contributed by atoms with van der Waals surface area (Å²) in [7, 11) is 1.98. The van der Waals surface area contributed by atoms with Crippen molar-refractivity contribution >= 4 is 41.6 Å². The summed E-state index contributed by atoms with van der Waals surface area (Å²) < 4.78 is 5.25. The van der Waals surface area contributed by atoms with Crippen LogP contribution in [-0.2, 0) is 11.3 Å². The highest BCUT2D eigenvalue weighted by atomic mass is 35.5. The molecule has 0 N–H and O–H groups in total. The van der Waals surface area contributed by atoms with E-state index in [9.17, 15) is 4.79 Å². The molecule has 0 unspecified atom stereocenters. The molecular weight excluding hydrogens is 357 g/mol. The average molecular weight is 375 g/mol. The number of benzene rings is 2. The van der Waals surface area contributed by atoms with Gasteiger partial charge in [0.2, 0.25) is 0 Å². The van der Waals surface area contributed by atoms with E-state index in [2.05, 4.69) is 17.0 Å². The zero-order chi connectivity index (χ0) is 15.9. The van der Waals surface area contributed by atoms with Gasteiger partial charge in [0, 0.05) is 18.1 Å². The fourth-order valence-electron chi connectivity index (χ4n) is 2.00. The van der Waals surface area contributed by atoms with Crippen LogP contribution in [0.5, 0.6) is 0 Å². The van der Waals surface area contributed by atoms with Gasteiger partial charge in [0.1, 0.15) is 6.61 Å². The van der Waals surface area contributed by atoms with Crippen molar-refractivity contribution < 1.29 is 9.53 Å². The lowest BCUT2D eigenvalue weighted by molar-refractivity contribution is 0.0471. The largest absolute Gasteiger partial charge is 0.461 e. The van der Waals surface area contributed by atoms with E-state index in [1.807, 2.05) is 25.2 Å². The first-order valence-electron chi connectivity index (χ1n) is 6.91. The Balaban J connectivity index is 0.00000264. The second kappa shape index (κ2) is 9.78. The summed E-state index contributed by atoms with van der Waals surface area (Å²) in [4.78, 5) is 14.0. The van der Waals surface area contributed by atoms with Crippen molar-refractivity contribution in [3.63, 3.8) is 0 Å². The summed E-state index contributed by atoms with van der Waals surface area (Å²) in [5, 5.41) is 0.791. The molecule has 0 spiro atoms.